The van der Waals surface area contributed by atoms with Gasteiger partial charge in [-0.3, -0.25) is 4.79 Å². The fourth-order valence-corrected chi connectivity index (χ4v) is 5.43. The molecule has 0 aromatic heterocycles. The number of carbonyl (C=O) groups is 2. The third-order valence-corrected chi connectivity index (χ3v) is 7.58. The van der Waals surface area contributed by atoms with E-state index < -0.39 is 5.92 Å². The standard InChI is InChI=1S/C27H28BrNO3S/c1-3-33-14-13-32-27(31)24-17(2)29-22-15-20(18-7-5-4-6-8-18)16-23(30)26(22)25(24)19-9-11-21(28)12-10-19/h4-12,20,25,29H,3,13-16H2,1-2H3. The molecule has 0 saturated carbocycles. The topological polar surface area (TPSA) is 55.4 Å². The van der Waals surface area contributed by atoms with Gasteiger partial charge in [0.05, 0.1) is 5.57 Å². The van der Waals surface area contributed by atoms with Gasteiger partial charge in [0.25, 0.3) is 0 Å². The number of nitrogens with one attached hydrogen (secondary N) is 1. The first-order valence-electron chi connectivity index (χ1n) is 11.3. The molecule has 0 bridgehead atoms. The minimum absolute atomic E-state index is 0.0878. The lowest BCUT2D eigenvalue weighted by molar-refractivity contribution is -0.138. The molecule has 0 saturated heterocycles. The summed E-state index contributed by atoms with van der Waals surface area (Å²) >= 11 is 5.23. The first-order valence-corrected chi connectivity index (χ1v) is 13.2. The fraction of sp³-hybridized carbons (Fsp3) is 0.333. The molecule has 0 fully saturated rings. The van der Waals surface area contributed by atoms with Crippen LogP contribution in [0, 0.1) is 0 Å². The fourth-order valence-electron chi connectivity index (χ4n) is 4.67. The number of dihydropyridines is 1. The zero-order valence-electron chi connectivity index (χ0n) is 18.9. The molecule has 0 radical (unpaired) electrons. The molecule has 1 aliphatic heterocycles. The summed E-state index contributed by atoms with van der Waals surface area (Å²) in [6, 6.07) is 18.0. The van der Waals surface area contributed by atoms with Crippen molar-refractivity contribution in [2.75, 3.05) is 18.1 Å². The second kappa shape index (κ2) is 10.7. The van der Waals surface area contributed by atoms with Gasteiger partial charge in [-0.15, -0.1) is 0 Å². The number of ether oxygens (including phenoxy) is 1. The highest BCUT2D eigenvalue weighted by Crippen LogP contribution is 2.45. The third-order valence-electron chi connectivity index (χ3n) is 6.19. The molecule has 172 valence electrons. The number of ketones is 1. The van der Waals surface area contributed by atoms with Gasteiger partial charge in [-0.25, -0.2) is 4.79 Å². The van der Waals surface area contributed by atoms with Crippen molar-refractivity contribution in [1.29, 1.82) is 0 Å². The minimum Gasteiger partial charge on any atom is -0.461 e. The highest BCUT2D eigenvalue weighted by atomic mass is 79.9. The number of carbonyl (C=O) groups excluding carboxylic acids is 2. The molecule has 4 rings (SSSR count). The highest BCUT2D eigenvalue weighted by molar-refractivity contribution is 9.10. The molecule has 0 spiro atoms. The van der Waals surface area contributed by atoms with Crippen LogP contribution in [0.4, 0.5) is 0 Å². The lowest BCUT2D eigenvalue weighted by Gasteiger charge is -2.36. The van der Waals surface area contributed by atoms with E-state index in [4.69, 9.17) is 4.74 Å². The predicted molar refractivity (Wildman–Crippen MR) is 137 cm³/mol. The molecule has 2 atom stereocenters. The van der Waals surface area contributed by atoms with Gasteiger partial charge in [0.1, 0.15) is 6.61 Å². The van der Waals surface area contributed by atoms with Gasteiger partial charge in [0, 0.05) is 39.5 Å². The summed E-state index contributed by atoms with van der Waals surface area (Å²) in [5.74, 6) is 1.18. The van der Waals surface area contributed by atoms with Crippen LogP contribution in [0.15, 0.2) is 81.6 Å². The largest absolute Gasteiger partial charge is 0.461 e. The molecular weight excluding hydrogens is 498 g/mol. The molecular formula is C27H28BrNO3S. The van der Waals surface area contributed by atoms with Crippen LogP contribution >= 0.6 is 27.7 Å². The first kappa shape index (κ1) is 23.8. The SMILES string of the molecule is CCSCCOC(=O)C1=C(C)NC2=C(C(=O)CC(c3ccccc3)C2)C1c1ccc(Br)cc1. The number of Topliss-reactive ketones (excluding diaryl/α,β-unsaturated/α-hetero) is 1. The van der Waals surface area contributed by atoms with E-state index in [-0.39, 0.29) is 17.7 Å². The van der Waals surface area contributed by atoms with E-state index in [9.17, 15) is 9.59 Å². The van der Waals surface area contributed by atoms with Crippen LogP contribution in [0.25, 0.3) is 0 Å². The van der Waals surface area contributed by atoms with E-state index in [1.54, 1.807) is 11.8 Å². The van der Waals surface area contributed by atoms with Crippen LogP contribution < -0.4 is 5.32 Å². The Morgan fingerprint density at radius 1 is 1.09 bits per heavy atom. The Morgan fingerprint density at radius 2 is 1.82 bits per heavy atom. The van der Waals surface area contributed by atoms with Gasteiger partial charge in [-0.05, 0) is 48.3 Å². The van der Waals surface area contributed by atoms with Crippen molar-refractivity contribution in [3.05, 3.63) is 92.7 Å². The van der Waals surface area contributed by atoms with Gasteiger partial charge >= 0.3 is 5.97 Å². The number of allylic oxidation sites excluding steroid dienone is 3. The third kappa shape index (κ3) is 5.28. The molecule has 1 N–H and O–H groups in total. The summed E-state index contributed by atoms with van der Waals surface area (Å²) in [6.45, 7) is 4.35. The number of rotatable bonds is 7. The maximum absolute atomic E-state index is 13.6. The van der Waals surface area contributed by atoms with Crippen molar-refractivity contribution in [3.63, 3.8) is 0 Å². The Kier molecular flexibility index (Phi) is 7.76. The number of hydrogen-bond donors (Lipinski definition) is 1. The Bertz CT molecular complexity index is 1090. The van der Waals surface area contributed by atoms with Gasteiger partial charge in [-0.1, -0.05) is 65.3 Å². The van der Waals surface area contributed by atoms with Crippen LogP contribution in [0.3, 0.4) is 0 Å². The van der Waals surface area contributed by atoms with Crippen molar-refractivity contribution in [1.82, 2.24) is 5.32 Å². The molecule has 33 heavy (non-hydrogen) atoms. The number of hydrogen-bond acceptors (Lipinski definition) is 5. The van der Waals surface area contributed by atoms with E-state index in [1.165, 1.54) is 5.56 Å². The molecule has 1 aliphatic carbocycles. The summed E-state index contributed by atoms with van der Waals surface area (Å²) in [4.78, 5) is 26.8. The van der Waals surface area contributed by atoms with Gasteiger partial charge < -0.3 is 10.1 Å². The van der Waals surface area contributed by atoms with Gasteiger partial charge in [-0.2, -0.15) is 11.8 Å². The van der Waals surface area contributed by atoms with E-state index in [1.807, 2.05) is 49.4 Å². The number of halogens is 1. The average Bonchev–Trinajstić information content (AvgIpc) is 2.82. The van der Waals surface area contributed by atoms with E-state index in [0.29, 0.717) is 24.2 Å². The van der Waals surface area contributed by atoms with Crippen LogP contribution in [0.1, 0.15) is 49.7 Å². The van der Waals surface area contributed by atoms with Crippen LogP contribution in [0.2, 0.25) is 0 Å². The smallest absolute Gasteiger partial charge is 0.336 e. The lowest BCUT2D eigenvalue weighted by atomic mass is 9.72. The summed E-state index contributed by atoms with van der Waals surface area (Å²) in [7, 11) is 0. The molecule has 4 nitrogen and oxygen atoms in total. The monoisotopic (exact) mass is 525 g/mol. The second-order valence-electron chi connectivity index (χ2n) is 8.31. The van der Waals surface area contributed by atoms with E-state index in [2.05, 4.69) is 40.3 Å². The van der Waals surface area contributed by atoms with Crippen molar-refractivity contribution in [2.24, 2.45) is 0 Å². The molecule has 2 aromatic rings. The Morgan fingerprint density at radius 3 is 2.52 bits per heavy atom. The lowest BCUT2D eigenvalue weighted by Crippen LogP contribution is -2.36. The average molecular weight is 526 g/mol. The molecule has 6 heteroatoms. The number of thioether (sulfide) groups is 1. The normalized spacial score (nSPS) is 20.4. The number of esters is 1. The quantitative estimate of drug-likeness (QED) is 0.349. The van der Waals surface area contributed by atoms with Gasteiger partial charge in [0.2, 0.25) is 0 Å². The zero-order chi connectivity index (χ0) is 23.4. The summed E-state index contributed by atoms with van der Waals surface area (Å²) in [5, 5.41) is 3.42. The van der Waals surface area contributed by atoms with E-state index >= 15 is 0 Å². The highest BCUT2D eigenvalue weighted by Gasteiger charge is 2.41. The van der Waals surface area contributed by atoms with Gasteiger partial charge in [0.15, 0.2) is 5.78 Å². The van der Waals surface area contributed by atoms with Crippen molar-refractivity contribution >= 4 is 39.4 Å². The maximum atomic E-state index is 13.6. The summed E-state index contributed by atoms with van der Waals surface area (Å²) in [5.41, 5.74) is 5.00. The zero-order valence-corrected chi connectivity index (χ0v) is 21.3. The molecule has 2 aliphatic rings. The molecule has 1 heterocycles. The maximum Gasteiger partial charge on any atom is 0.336 e. The Labute approximate surface area is 208 Å². The first-order chi connectivity index (χ1) is 16.0. The number of benzene rings is 2. The second-order valence-corrected chi connectivity index (χ2v) is 10.6. The molecule has 0 amide bonds. The van der Waals surface area contributed by atoms with E-state index in [0.717, 1.165) is 39.4 Å². The van der Waals surface area contributed by atoms with Crippen molar-refractivity contribution in [2.45, 2.75) is 38.5 Å². The van der Waals surface area contributed by atoms with Crippen LogP contribution in [0.5, 0.6) is 0 Å². The Hall–Kier alpha value is -2.31. The van der Waals surface area contributed by atoms with Crippen molar-refractivity contribution < 1.29 is 14.3 Å². The van der Waals surface area contributed by atoms with Crippen LogP contribution in [-0.4, -0.2) is 29.9 Å². The minimum atomic E-state index is -0.426. The predicted octanol–water partition coefficient (Wildman–Crippen LogP) is 6.11. The Balaban J connectivity index is 1.70. The summed E-state index contributed by atoms with van der Waals surface area (Å²) in [6.07, 6.45) is 1.18. The van der Waals surface area contributed by atoms with Crippen LogP contribution in [-0.2, 0) is 14.3 Å². The molecule has 2 aromatic carbocycles. The molecule has 2 unspecified atom stereocenters. The summed E-state index contributed by atoms with van der Waals surface area (Å²) < 4.78 is 6.59. The van der Waals surface area contributed by atoms with Crippen molar-refractivity contribution in [3.8, 4) is 0 Å².